The molecule has 1 aliphatic rings. The predicted octanol–water partition coefficient (Wildman–Crippen LogP) is 2.57. The minimum Gasteiger partial charge on any atom is -0.508 e. The normalized spacial score (nSPS) is 19.7. The standard InChI is InChI=1S/C13H16F3NO2/c1-19-12-6-9(13(14,15)16)5-11(18)10(12)4-8-2-3-17-7-8/h5-6,8,17-18H,2-4,7H2,1H3. The van der Waals surface area contributed by atoms with Crippen LogP contribution in [0.4, 0.5) is 13.2 Å². The zero-order valence-corrected chi connectivity index (χ0v) is 10.5. The molecule has 0 aromatic heterocycles. The van der Waals surface area contributed by atoms with Gasteiger partial charge in [-0.25, -0.2) is 0 Å². The number of aromatic hydroxyl groups is 1. The molecule has 19 heavy (non-hydrogen) atoms. The Kier molecular flexibility index (Phi) is 3.89. The number of alkyl halides is 3. The highest BCUT2D eigenvalue weighted by molar-refractivity contribution is 5.48. The molecule has 6 heteroatoms. The summed E-state index contributed by atoms with van der Waals surface area (Å²) in [5.74, 6) is 0.0642. The van der Waals surface area contributed by atoms with Gasteiger partial charge in [0.25, 0.3) is 0 Å². The van der Waals surface area contributed by atoms with Crippen LogP contribution in [-0.2, 0) is 12.6 Å². The molecule has 2 rings (SSSR count). The minimum absolute atomic E-state index is 0.0965. The smallest absolute Gasteiger partial charge is 0.416 e. The van der Waals surface area contributed by atoms with Gasteiger partial charge in [-0.2, -0.15) is 13.2 Å². The average molecular weight is 275 g/mol. The predicted molar refractivity (Wildman–Crippen MR) is 64.3 cm³/mol. The Hall–Kier alpha value is -1.43. The van der Waals surface area contributed by atoms with E-state index in [1.54, 1.807) is 0 Å². The van der Waals surface area contributed by atoms with Crippen LogP contribution in [0.15, 0.2) is 12.1 Å². The van der Waals surface area contributed by atoms with Gasteiger partial charge in [0.15, 0.2) is 0 Å². The molecule has 106 valence electrons. The molecule has 1 aliphatic heterocycles. The number of methoxy groups -OCH3 is 1. The van der Waals surface area contributed by atoms with Gasteiger partial charge in [0.1, 0.15) is 11.5 Å². The van der Waals surface area contributed by atoms with E-state index in [4.69, 9.17) is 4.74 Å². The van der Waals surface area contributed by atoms with Gasteiger partial charge >= 0.3 is 6.18 Å². The second kappa shape index (κ2) is 5.28. The van der Waals surface area contributed by atoms with Crippen LogP contribution < -0.4 is 10.1 Å². The van der Waals surface area contributed by atoms with Crippen LogP contribution in [0.1, 0.15) is 17.5 Å². The lowest BCUT2D eigenvalue weighted by Gasteiger charge is -2.16. The highest BCUT2D eigenvalue weighted by atomic mass is 19.4. The molecule has 0 saturated carbocycles. The molecule has 1 fully saturated rings. The highest BCUT2D eigenvalue weighted by Crippen LogP contribution is 2.39. The van der Waals surface area contributed by atoms with Crippen LogP contribution in [0.2, 0.25) is 0 Å². The van der Waals surface area contributed by atoms with Crippen molar-refractivity contribution in [1.29, 1.82) is 0 Å². The van der Waals surface area contributed by atoms with Crippen molar-refractivity contribution in [2.45, 2.75) is 19.0 Å². The molecule has 0 spiro atoms. The lowest BCUT2D eigenvalue weighted by atomic mass is 9.96. The first kappa shape index (κ1) is 14.0. The number of hydrogen-bond acceptors (Lipinski definition) is 3. The zero-order chi connectivity index (χ0) is 14.0. The molecule has 1 aromatic carbocycles. The first-order valence-corrected chi connectivity index (χ1v) is 6.09. The Balaban J connectivity index is 2.32. The Bertz CT molecular complexity index is 454. The van der Waals surface area contributed by atoms with Gasteiger partial charge in [-0.3, -0.25) is 0 Å². The molecule has 1 saturated heterocycles. The van der Waals surface area contributed by atoms with Crippen molar-refractivity contribution in [2.75, 3.05) is 20.2 Å². The van der Waals surface area contributed by atoms with Crippen LogP contribution in [0.25, 0.3) is 0 Å². The van der Waals surface area contributed by atoms with Crippen LogP contribution >= 0.6 is 0 Å². The molecule has 0 radical (unpaired) electrons. The summed E-state index contributed by atoms with van der Waals surface area (Å²) in [6, 6.07) is 1.71. The molecule has 0 aliphatic carbocycles. The monoisotopic (exact) mass is 275 g/mol. The van der Waals surface area contributed by atoms with E-state index in [-0.39, 0.29) is 11.5 Å². The van der Waals surface area contributed by atoms with Gasteiger partial charge in [0.2, 0.25) is 0 Å². The fourth-order valence-electron chi connectivity index (χ4n) is 2.36. The Morgan fingerprint density at radius 1 is 1.42 bits per heavy atom. The van der Waals surface area contributed by atoms with Gasteiger partial charge in [0, 0.05) is 5.56 Å². The fourth-order valence-corrected chi connectivity index (χ4v) is 2.36. The van der Waals surface area contributed by atoms with Crippen molar-refractivity contribution in [3.63, 3.8) is 0 Å². The maximum atomic E-state index is 12.6. The number of ether oxygens (including phenoxy) is 1. The van der Waals surface area contributed by atoms with E-state index in [0.717, 1.165) is 31.6 Å². The summed E-state index contributed by atoms with van der Waals surface area (Å²) in [4.78, 5) is 0. The summed E-state index contributed by atoms with van der Waals surface area (Å²) in [7, 11) is 1.31. The second-order valence-corrected chi connectivity index (χ2v) is 4.74. The van der Waals surface area contributed by atoms with Crippen molar-refractivity contribution >= 4 is 0 Å². The van der Waals surface area contributed by atoms with Crippen LogP contribution in [0, 0.1) is 5.92 Å². The van der Waals surface area contributed by atoms with E-state index in [1.165, 1.54) is 7.11 Å². The summed E-state index contributed by atoms with van der Waals surface area (Å²) >= 11 is 0. The lowest BCUT2D eigenvalue weighted by Crippen LogP contribution is -2.12. The van der Waals surface area contributed by atoms with E-state index in [2.05, 4.69) is 5.32 Å². The van der Waals surface area contributed by atoms with Gasteiger partial charge in [-0.05, 0) is 44.0 Å². The van der Waals surface area contributed by atoms with Crippen molar-refractivity contribution in [3.8, 4) is 11.5 Å². The van der Waals surface area contributed by atoms with Crippen LogP contribution in [0.3, 0.4) is 0 Å². The maximum absolute atomic E-state index is 12.6. The number of rotatable bonds is 3. The van der Waals surface area contributed by atoms with Gasteiger partial charge in [-0.15, -0.1) is 0 Å². The topological polar surface area (TPSA) is 41.5 Å². The molecular formula is C13H16F3NO2. The molecule has 0 amide bonds. The van der Waals surface area contributed by atoms with E-state index >= 15 is 0 Å². The number of nitrogens with one attached hydrogen (secondary N) is 1. The largest absolute Gasteiger partial charge is 0.508 e. The number of phenolic OH excluding ortho intramolecular Hbond substituents is 1. The molecule has 2 N–H and O–H groups in total. The first-order valence-electron chi connectivity index (χ1n) is 6.09. The van der Waals surface area contributed by atoms with Crippen LogP contribution in [-0.4, -0.2) is 25.3 Å². The third kappa shape index (κ3) is 3.12. The summed E-state index contributed by atoms with van der Waals surface area (Å²) in [5.41, 5.74) is -0.445. The average Bonchev–Trinajstić information content (AvgIpc) is 2.83. The van der Waals surface area contributed by atoms with E-state index in [9.17, 15) is 18.3 Å². The zero-order valence-electron chi connectivity index (χ0n) is 10.5. The molecule has 1 aromatic rings. The van der Waals surface area contributed by atoms with Gasteiger partial charge in [0.05, 0.1) is 12.7 Å². The van der Waals surface area contributed by atoms with E-state index in [0.29, 0.717) is 17.9 Å². The van der Waals surface area contributed by atoms with Crippen molar-refractivity contribution in [3.05, 3.63) is 23.3 Å². The van der Waals surface area contributed by atoms with Crippen molar-refractivity contribution in [1.82, 2.24) is 5.32 Å². The molecule has 1 atom stereocenters. The molecule has 0 bridgehead atoms. The second-order valence-electron chi connectivity index (χ2n) is 4.74. The van der Waals surface area contributed by atoms with Gasteiger partial charge in [-0.1, -0.05) is 0 Å². The highest BCUT2D eigenvalue weighted by Gasteiger charge is 2.33. The summed E-state index contributed by atoms with van der Waals surface area (Å²) in [6.45, 7) is 1.71. The number of benzene rings is 1. The lowest BCUT2D eigenvalue weighted by molar-refractivity contribution is -0.137. The molecule has 1 heterocycles. The van der Waals surface area contributed by atoms with Crippen molar-refractivity contribution < 1.29 is 23.0 Å². The van der Waals surface area contributed by atoms with Crippen molar-refractivity contribution in [2.24, 2.45) is 5.92 Å². The number of hydrogen-bond donors (Lipinski definition) is 2. The first-order chi connectivity index (χ1) is 8.91. The third-order valence-electron chi connectivity index (χ3n) is 3.39. The molecule has 3 nitrogen and oxygen atoms in total. The van der Waals surface area contributed by atoms with E-state index in [1.807, 2.05) is 0 Å². The Morgan fingerprint density at radius 3 is 2.68 bits per heavy atom. The van der Waals surface area contributed by atoms with E-state index < -0.39 is 11.7 Å². The summed E-state index contributed by atoms with van der Waals surface area (Å²) in [6.07, 6.45) is -3.03. The maximum Gasteiger partial charge on any atom is 0.416 e. The summed E-state index contributed by atoms with van der Waals surface area (Å²) in [5, 5.41) is 13.0. The fraction of sp³-hybridized carbons (Fsp3) is 0.538. The molecule has 1 unspecified atom stereocenters. The Labute approximate surface area is 109 Å². The number of halogens is 3. The Morgan fingerprint density at radius 2 is 2.16 bits per heavy atom. The van der Waals surface area contributed by atoms with Gasteiger partial charge < -0.3 is 15.2 Å². The SMILES string of the molecule is COc1cc(C(F)(F)F)cc(O)c1CC1CCNC1. The van der Waals surface area contributed by atoms with Crippen LogP contribution in [0.5, 0.6) is 11.5 Å². The molecular weight excluding hydrogens is 259 g/mol. The number of phenols is 1. The quantitative estimate of drug-likeness (QED) is 0.891. The summed E-state index contributed by atoms with van der Waals surface area (Å²) < 4.78 is 42.9. The minimum atomic E-state index is -4.49. The third-order valence-corrected chi connectivity index (χ3v) is 3.39.